The molecule has 4 rings (SSSR count). The van der Waals surface area contributed by atoms with Crippen molar-refractivity contribution in [3.63, 3.8) is 0 Å². The standard InChI is InChI=1S/C25H33FN2O2/c26-22-8-10-23(11-9-22)28-16-14-27(15-17-28)18-24(29)19-30-25-12-6-21(7-13-25)20-4-2-1-3-5-20/h6-13,20,24,29H,1-5,14-19H2/p+1/t24-/m0/s1. The lowest BCUT2D eigenvalue weighted by Crippen LogP contribution is -3.16. The van der Waals surface area contributed by atoms with Crippen molar-refractivity contribution in [3.05, 3.63) is 59.9 Å². The lowest BCUT2D eigenvalue weighted by molar-refractivity contribution is -0.903. The summed E-state index contributed by atoms with van der Waals surface area (Å²) in [7, 11) is 0. The second-order valence-electron chi connectivity index (χ2n) is 8.79. The molecule has 2 N–H and O–H groups in total. The Morgan fingerprint density at radius 2 is 1.63 bits per heavy atom. The van der Waals surface area contributed by atoms with E-state index in [0.29, 0.717) is 19.1 Å². The van der Waals surface area contributed by atoms with Crippen molar-refractivity contribution in [2.24, 2.45) is 0 Å². The molecule has 1 atom stereocenters. The van der Waals surface area contributed by atoms with E-state index in [-0.39, 0.29) is 5.82 Å². The van der Waals surface area contributed by atoms with Gasteiger partial charge in [-0.25, -0.2) is 4.39 Å². The summed E-state index contributed by atoms with van der Waals surface area (Å²) >= 11 is 0. The molecule has 2 aromatic rings. The summed E-state index contributed by atoms with van der Waals surface area (Å²) in [5.74, 6) is 1.34. The molecular formula is C25H34FN2O2+. The van der Waals surface area contributed by atoms with Crippen LogP contribution in [0.25, 0.3) is 0 Å². The zero-order valence-corrected chi connectivity index (χ0v) is 17.7. The summed E-state index contributed by atoms with van der Waals surface area (Å²) in [5.41, 5.74) is 2.49. The number of aliphatic hydroxyl groups excluding tert-OH is 1. The van der Waals surface area contributed by atoms with Gasteiger partial charge in [0.05, 0.1) is 26.2 Å². The van der Waals surface area contributed by atoms with E-state index in [4.69, 9.17) is 4.74 Å². The van der Waals surface area contributed by atoms with Crippen molar-refractivity contribution in [1.29, 1.82) is 0 Å². The van der Waals surface area contributed by atoms with Crippen LogP contribution in [-0.2, 0) is 0 Å². The number of nitrogens with one attached hydrogen (secondary N) is 1. The Morgan fingerprint density at radius 3 is 2.30 bits per heavy atom. The van der Waals surface area contributed by atoms with Crippen LogP contribution in [0.1, 0.15) is 43.6 Å². The average molecular weight is 414 g/mol. The summed E-state index contributed by atoms with van der Waals surface area (Å²) in [5, 5.41) is 10.4. The first-order valence-electron chi connectivity index (χ1n) is 11.4. The van der Waals surface area contributed by atoms with Crippen LogP contribution in [0, 0.1) is 5.82 Å². The van der Waals surface area contributed by atoms with Crippen LogP contribution in [0.4, 0.5) is 10.1 Å². The molecule has 5 heteroatoms. The van der Waals surface area contributed by atoms with Crippen LogP contribution in [0.5, 0.6) is 5.75 Å². The first kappa shape index (κ1) is 21.1. The number of hydrogen-bond acceptors (Lipinski definition) is 3. The molecule has 2 fully saturated rings. The number of benzene rings is 2. The Bertz CT molecular complexity index is 767. The van der Waals surface area contributed by atoms with Gasteiger partial charge in [-0.05, 0) is 60.7 Å². The maximum atomic E-state index is 13.1. The van der Waals surface area contributed by atoms with Gasteiger partial charge in [0.15, 0.2) is 0 Å². The first-order chi connectivity index (χ1) is 14.7. The number of aliphatic hydroxyl groups is 1. The molecule has 1 heterocycles. The molecule has 1 aliphatic heterocycles. The Hall–Kier alpha value is -2.11. The maximum Gasteiger partial charge on any atom is 0.137 e. The number of piperazine rings is 1. The molecule has 2 aromatic carbocycles. The van der Waals surface area contributed by atoms with Crippen molar-refractivity contribution in [2.45, 2.75) is 44.1 Å². The van der Waals surface area contributed by atoms with Gasteiger partial charge in [0.25, 0.3) is 0 Å². The fourth-order valence-electron chi connectivity index (χ4n) is 4.79. The quantitative estimate of drug-likeness (QED) is 0.733. The van der Waals surface area contributed by atoms with Crippen LogP contribution in [0.2, 0.25) is 0 Å². The minimum absolute atomic E-state index is 0.199. The summed E-state index contributed by atoms with van der Waals surface area (Å²) in [6.07, 6.45) is 6.19. The van der Waals surface area contributed by atoms with Crippen molar-refractivity contribution in [2.75, 3.05) is 44.2 Å². The van der Waals surface area contributed by atoms with Gasteiger partial charge in [0.2, 0.25) is 0 Å². The van der Waals surface area contributed by atoms with E-state index in [1.807, 2.05) is 24.3 Å². The lowest BCUT2D eigenvalue weighted by atomic mass is 9.84. The average Bonchev–Trinajstić information content (AvgIpc) is 2.80. The van der Waals surface area contributed by atoms with E-state index in [1.165, 1.54) is 54.7 Å². The summed E-state index contributed by atoms with van der Waals surface area (Å²) in [6.45, 7) is 4.77. The summed E-state index contributed by atoms with van der Waals surface area (Å²) in [4.78, 5) is 3.66. The van der Waals surface area contributed by atoms with Gasteiger partial charge in [-0.1, -0.05) is 31.4 Å². The van der Waals surface area contributed by atoms with Crippen molar-refractivity contribution in [1.82, 2.24) is 0 Å². The van der Waals surface area contributed by atoms with Crippen LogP contribution < -0.4 is 14.5 Å². The molecule has 0 aromatic heterocycles. The molecule has 30 heavy (non-hydrogen) atoms. The molecule has 2 aliphatic rings. The highest BCUT2D eigenvalue weighted by Crippen LogP contribution is 2.33. The number of ether oxygens (including phenoxy) is 1. The molecule has 0 radical (unpaired) electrons. The Morgan fingerprint density at radius 1 is 0.967 bits per heavy atom. The molecule has 0 bridgehead atoms. The predicted molar refractivity (Wildman–Crippen MR) is 118 cm³/mol. The third-order valence-electron chi connectivity index (χ3n) is 6.59. The highest BCUT2D eigenvalue weighted by Gasteiger charge is 2.23. The van der Waals surface area contributed by atoms with Crippen molar-refractivity contribution < 1.29 is 19.1 Å². The minimum Gasteiger partial charge on any atom is -0.491 e. The van der Waals surface area contributed by atoms with Crippen molar-refractivity contribution >= 4 is 5.69 Å². The van der Waals surface area contributed by atoms with Crippen LogP contribution in [-0.4, -0.2) is 50.5 Å². The molecule has 1 aliphatic carbocycles. The van der Waals surface area contributed by atoms with Crippen molar-refractivity contribution in [3.8, 4) is 5.75 Å². The molecule has 1 saturated carbocycles. The highest BCUT2D eigenvalue weighted by molar-refractivity contribution is 5.46. The second-order valence-corrected chi connectivity index (χ2v) is 8.79. The van der Waals surface area contributed by atoms with Gasteiger partial charge in [-0.3, -0.25) is 0 Å². The SMILES string of the molecule is O[C@H](COc1ccc(C2CCCCC2)cc1)C[NH+]1CCN(c2ccc(F)cc2)CC1. The Balaban J connectivity index is 1.18. The van der Waals surface area contributed by atoms with Gasteiger partial charge in [0.1, 0.15) is 30.8 Å². The molecule has 162 valence electrons. The van der Waals surface area contributed by atoms with E-state index >= 15 is 0 Å². The minimum atomic E-state index is -0.476. The van der Waals surface area contributed by atoms with Crippen LogP contribution >= 0.6 is 0 Å². The monoisotopic (exact) mass is 413 g/mol. The lowest BCUT2D eigenvalue weighted by Gasteiger charge is -2.34. The van der Waals surface area contributed by atoms with E-state index in [1.54, 1.807) is 0 Å². The largest absolute Gasteiger partial charge is 0.491 e. The zero-order chi connectivity index (χ0) is 20.8. The first-order valence-corrected chi connectivity index (χ1v) is 11.4. The van der Waals surface area contributed by atoms with Crippen LogP contribution in [0.15, 0.2) is 48.5 Å². The fourth-order valence-corrected chi connectivity index (χ4v) is 4.79. The number of hydrogen-bond donors (Lipinski definition) is 2. The Labute approximate surface area is 179 Å². The number of quaternary nitrogens is 1. The van der Waals surface area contributed by atoms with Gasteiger partial charge in [-0.2, -0.15) is 0 Å². The summed E-state index contributed by atoms with van der Waals surface area (Å²) < 4.78 is 18.9. The third kappa shape index (κ3) is 5.73. The van der Waals surface area contributed by atoms with Gasteiger partial charge >= 0.3 is 0 Å². The van der Waals surface area contributed by atoms with E-state index in [0.717, 1.165) is 37.6 Å². The normalized spacial score (nSPS) is 19.6. The molecule has 1 saturated heterocycles. The van der Waals surface area contributed by atoms with E-state index in [2.05, 4.69) is 17.0 Å². The van der Waals surface area contributed by atoms with Gasteiger partial charge in [-0.15, -0.1) is 0 Å². The highest BCUT2D eigenvalue weighted by atomic mass is 19.1. The number of rotatable bonds is 7. The smallest absolute Gasteiger partial charge is 0.137 e. The molecule has 0 unspecified atom stereocenters. The number of halogens is 1. The zero-order valence-electron chi connectivity index (χ0n) is 17.7. The van der Waals surface area contributed by atoms with Crippen LogP contribution in [0.3, 0.4) is 0 Å². The van der Waals surface area contributed by atoms with Gasteiger partial charge < -0.3 is 19.6 Å². The number of anilines is 1. The second kappa shape index (κ2) is 10.3. The van der Waals surface area contributed by atoms with Gasteiger partial charge in [0, 0.05) is 5.69 Å². The van der Waals surface area contributed by atoms with E-state index in [9.17, 15) is 9.50 Å². The Kier molecular flexibility index (Phi) is 7.24. The third-order valence-corrected chi connectivity index (χ3v) is 6.59. The summed E-state index contributed by atoms with van der Waals surface area (Å²) in [6, 6.07) is 15.2. The number of nitrogens with zero attached hydrogens (tertiary/aromatic N) is 1. The predicted octanol–water partition coefficient (Wildman–Crippen LogP) is 3.02. The molecule has 0 spiro atoms. The molecule has 0 amide bonds. The van der Waals surface area contributed by atoms with E-state index < -0.39 is 6.10 Å². The topological polar surface area (TPSA) is 37.1 Å². The maximum absolute atomic E-state index is 13.1. The fraction of sp³-hybridized carbons (Fsp3) is 0.520. The molecule has 4 nitrogen and oxygen atoms in total. The molecular weight excluding hydrogens is 379 g/mol.